The van der Waals surface area contributed by atoms with E-state index in [0.717, 1.165) is 67.6 Å². The molecule has 2 aromatic heterocycles. The molecule has 5 rings (SSSR count). The van der Waals surface area contributed by atoms with Crippen molar-refractivity contribution in [1.29, 1.82) is 0 Å². The van der Waals surface area contributed by atoms with E-state index < -0.39 is 0 Å². The molecular formula is C24H31ClN6O. The number of hydrogen-bond acceptors (Lipinski definition) is 6. The van der Waals surface area contributed by atoms with Crippen LogP contribution < -0.4 is 10.6 Å². The van der Waals surface area contributed by atoms with Crippen molar-refractivity contribution in [2.45, 2.75) is 64.0 Å². The summed E-state index contributed by atoms with van der Waals surface area (Å²) in [6.07, 6.45) is 8.39. The molecule has 170 valence electrons. The van der Waals surface area contributed by atoms with Gasteiger partial charge in [-0.1, -0.05) is 24.6 Å². The Labute approximate surface area is 193 Å². The Morgan fingerprint density at radius 2 is 1.91 bits per heavy atom. The van der Waals surface area contributed by atoms with E-state index in [1.807, 2.05) is 30.5 Å². The first-order valence-electron chi connectivity index (χ1n) is 11.6. The number of nitrogens with zero attached hydrogens (tertiary/aromatic N) is 4. The summed E-state index contributed by atoms with van der Waals surface area (Å²) in [5, 5.41) is 7.75. The maximum Gasteiger partial charge on any atom is 0.225 e. The standard InChI is InChI=1S/C24H31ClN6O/c1-16-6-8-19(9-7-16)31-21-20(28-23(31)27-18-5-3-4-17(25)14-18)15-26-22(29-21)30-24(2)10-12-32-13-11-24/h3-5,14-16,19H,6-13H2,1-2H3,(H,27,28)(H,26,29,30). The summed E-state index contributed by atoms with van der Waals surface area (Å²) in [6, 6.07) is 8.09. The minimum Gasteiger partial charge on any atom is -0.381 e. The Hall–Kier alpha value is -2.38. The second-order valence-electron chi connectivity index (χ2n) is 9.55. The van der Waals surface area contributed by atoms with Crippen LogP contribution in [-0.4, -0.2) is 38.3 Å². The zero-order valence-electron chi connectivity index (χ0n) is 18.8. The maximum absolute atomic E-state index is 6.21. The van der Waals surface area contributed by atoms with Crippen molar-refractivity contribution in [2.75, 3.05) is 23.8 Å². The van der Waals surface area contributed by atoms with Crippen LogP contribution in [0.1, 0.15) is 58.4 Å². The second kappa shape index (κ2) is 8.87. The van der Waals surface area contributed by atoms with Crippen LogP contribution in [0, 0.1) is 5.92 Å². The smallest absolute Gasteiger partial charge is 0.225 e. The molecule has 1 aliphatic carbocycles. The number of benzene rings is 1. The van der Waals surface area contributed by atoms with Crippen molar-refractivity contribution < 1.29 is 4.74 Å². The third-order valence-electron chi connectivity index (χ3n) is 6.87. The SMILES string of the molecule is CC1CCC(n2c(Nc3cccc(Cl)c3)nc3cnc(NC4(C)CCOCC4)nc32)CC1. The Balaban J connectivity index is 1.52. The zero-order chi connectivity index (χ0) is 22.1. The van der Waals surface area contributed by atoms with E-state index in [1.54, 1.807) is 0 Å². The van der Waals surface area contributed by atoms with E-state index in [1.165, 1.54) is 12.8 Å². The molecule has 0 atom stereocenters. The van der Waals surface area contributed by atoms with Gasteiger partial charge in [0.05, 0.1) is 6.20 Å². The van der Waals surface area contributed by atoms with Crippen molar-refractivity contribution in [3.8, 4) is 0 Å². The average molecular weight is 455 g/mol. The molecule has 0 spiro atoms. The fourth-order valence-corrected chi connectivity index (χ4v) is 4.99. The van der Waals surface area contributed by atoms with Gasteiger partial charge in [-0.15, -0.1) is 0 Å². The van der Waals surface area contributed by atoms with Crippen LogP contribution >= 0.6 is 11.6 Å². The lowest BCUT2D eigenvalue weighted by Gasteiger charge is -2.34. The molecule has 0 unspecified atom stereocenters. The van der Waals surface area contributed by atoms with Crippen LogP contribution in [0.2, 0.25) is 5.02 Å². The van der Waals surface area contributed by atoms with Gasteiger partial charge in [0.1, 0.15) is 5.52 Å². The summed E-state index contributed by atoms with van der Waals surface area (Å²) in [5.41, 5.74) is 2.54. The fraction of sp³-hybridized carbons (Fsp3) is 0.542. The van der Waals surface area contributed by atoms with E-state index in [2.05, 4.69) is 34.0 Å². The highest BCUT2D eigenvalue weighted by molar-refractivity contribution is 6.30. The number of rotatable bonds is 5. The number of fused-ring (bicyclic) bond motifs is 1. The van der Waals surface area contributed by atoms with Gasteiger partial charge in [-0.3, -0.25) is 4.57 Å². The molecule has 7 nitrogen and oxygen atoms in total. The highest BCUT2D eigenvalue weighted by atomic mass is 35.5. The molecule has 1 saturated heterocycles. The Morgan fingerprint density at radius 3 is 2.66 bits per heavy atom. The minimum absolute atomic E-state index is 0.0566. The predicted octanol–water partition coefficient (Wildman–Crippen LogP) is 5.96. The van der Waals surface area contributed by atoms with Gasteiger partial charge >= 0.3 is 0 Å². The summed E-state index contributed by atoms with van der Waals surface area (Å²) in [4.78, 5) is 14.4. The molecule has 1 aromatic carbocycles. The van der Waals surface area contributed by atoms with Crippen molar-refractivity contribution in [2.24, 2.45) is 5.92 Å². The first-order valence-corrected chi connectivity index (χ1v) is 12.0. The van der Waals surface area contributed by atoms with Gasteiger partial charge < -0.3 is 15.4 Å². The third-order valence-corrected chi connectivity index (χ3v) is 7.11. The van der Waals surface area contributed by atoms with Gasteiger partial charge in [0, 0.05) is 35.5 Å². The van der Waals surface area contributed by atoms with E-state index in [-0.39, 0.29) is 5.54 Å². The van der Waals surface area contributed by atoms with Gasteiger partial charge in [0.25, 0.3) is 0 Å². The van der Waals surface area contributed by atoms with Crippen LogP contribution in [0.15, 0.2) is 30.5 Å². The van der Waals surface area contributed by atoms with Gasteiger partial charge in [-0.25, -0.2) is 9.97 Å². The molecule has 2 fully saturated rings. The summed E-state index contributed by atoms with van der Waals surface area (Å²) >= 11 is 6.21. The lowest BCUT2D eigenvalue weighted by molar-refractivity contribution is 0.0656. The highest BCUT2D eigenvalue weighted by Crippen LogP contribution is 2.37. The predicted molar refractivity (Wildman–Crippen MR) is 129 cm³/mol. The molecule has 32 heavy (non-hydrogen) atoms. The first-order chi connectivity index (χ1) is 15.5. The monoisotopic (exact) mass is 454 g/mol. The minimum atomic E-state index is -0.0566. The molecule has 8 heteroatoms. The molecular weight excluding hydrogens is 424 g/mol. The van der Waals surface area contributed by atoms with Crippen LogP contribution in [-0.2, 0) is 4.74 Å². The van der Waals surface area contributed by atoms with Gasteiger partial charge in [-0.2, -0.15) is 4.98 Å². The van der Waals surface area contributed by atoms with Crippen LogP contribution in [0.3, 0.4) is 0 Å². The molecule has 0 radical (unpaired) electrons. The maximum atomic E-state index is 6.21. The van der Waals surface area contributed by atoms with Crippen molar-refractivity contribution >= 4 is 40.3 Å². The molecule has 2 N–H and O–H groups in total. The topological polar surface area (TPSA) is 76.9 Å². The van der Waals surface area contributed by atoms with Gasteiger partial charge in [-0.05, 0) is 69.6 Å². The summed E-state index contributed by atoms with van der Waals surface area (Å²) in [7, 11) is 0. The molecule has 1 aliphatic heterocycles. The summed E-state index contributed by atoms with van der Waals surface area (Å²) in [5.74, 6) is 2.22. The first kappa shape index (κ1) is 21.5. The number of nitrogens with one attached hydrogen (secondary N) is 2. The molecule has 0 bridgehead atoms. The summed E-state index contributed by atoms with van der Waals surface area (Å²) < 4.78 is 7.81. The Bertz CT molecular complexity index is 1090. The Kier molecular flexibility index (Phi) is 5.95. The average Bonchev–Trinajstić information content (AvgIpc) is 3.11. The second-order valence-corrected chi connectivity index (χ2v) is 9.99. The van der Waals surface area contributed by atoms with Crippen molar-refractivity contribution in [3.05, 3.63) is 35.5 Å². The van der Waals surface area contributed by atoms with E-state index in [9.17, 15) is 0 Å². The number of anilines is 3. The lowest BCUT2D eigenvalue weighted by Crippen LogP contribution is -2.41. The number of ether oxygens (including phenoxy) is 1. The van der Waals surface area contributed by atoms with E-state index in [4.69, 9.17) is 26.3 Å². The van der Waals surface area contributed by atoms with Gasteiger partial charge in [0.2, 0.25) is 11.9 Å². The number of hydrogen-bond donors (Lipinski definition) is 2. The van der Waals surface area contributed by atoms with Crippen LogP contribution in [0.4, 0.5) is 17.6 Å². The zero-order valence-corrected chi connectivity index (χ0v) is 19.5. The van der Waals surface area contributed by atoms with Crippen molar-refractivity contribution in [1.82, 2.24) is 19.5 Å². The molecule has 3 heterocycles. The largest absolute Gasteiger partial charge is 0.381 e. The quantitative estimate of drug-likeness (QED) is 0.495. The third kappa shape index (κ3) is 4.55. The molecule has 1 saturated carbocycles. The van der Waals surface area contributed by atoms with E-state index >= 15 is 0 Å². The molecule has 0 amide bonds. The number of halogens is 1. The molecule has 3 aromatic rings. The normalized spacial score (nSPS) is 23.2. The van der Waals surface area contributed by atoms with E-state index in [0.29, 0.717) is 17.0 Å². The van der Waals surface area contributed by atoms with Crippen LogP contribution in [0.5, 0.6) is 0 Å². The van der Waals surface area contributed by atoms with Crippen LogP contribution in [0.25, 0.3) is 11.2 Å². The van der Waals surface area contributed by atoms with Crippen molar-refractivity contribution in [3.63, 3.8) is 0 Å². The number of imidazole rings is 1. The fourth-order valence-electron chi connectivity index (χ4n) is 4.80. The number of aromatic nitrogens is 4. The Morgan fingerprint density at radius 1 is 1.12 bits per heavy atom. The van der Waals surface area contributed by atoms with Gasteiger partial charge in [0.15, 0.2) is 5.65 Å². The highest BCUT2D eigenvalue weighted by Gasteiger charge is 2.29. The lowest BCUT2D eigenvalue weighted by atomic mass is 9.87. The molecule has 2 aliphatic rings. The summed E-state index contributed by atoms with van der Waals surface area (Å²) in [6.45, 7) is 6.08.